The molecule has 2 atom stereocenters. The summed E-state index contributed by atoms with van der Waals surface area (Å²) in [6.45, 7) is 0. The van der Waals surface area contributed by atoms with E-state index in [1.54, 1.807) is 0 Å². The highest BCUT2D eigenvalue weighted by Crippen LogP contribution is 2.30. The topological polar surface area (TPSA) is 70.7 Å². The molecule has 78 valence electrons. The summed E-state index contributed by atoms with van der Waals surface area (Å²) < 4.78 is 0. The van der Waals surface area contributed by atoms with Crippen LogP contribution in [0.2, 0.25) is 0 Å². The van der Waals surface area contributed by atoms with Crippen molar-refractivity contribution in [3.05, 3.63) is 0 Å². The molecule has 0 aromatic rings. The lowest BCUT2D eigenvalue weighted by Gasteiger charge is -2.42. The van der Waals surface area contributed by atoms with Crippen molar-refractivity contribution >= 4 is 11.9 Å². The predicted octanol–water partition coefficient (Wildman–Crippen LogP) is -0.164. The average molecular weight is 196 g/mol. The first kappa shape index (κ1) is 9.30. The Labute approximate surface area is 83.3 Å². The van der Waals surface area contributed by atoms with Crippen LogP contribution in [0.5, 0.6) is 0 Å². The van der Waals surface area contributed by atoms with Crippen LogP contribution in [0.3, 0.4) is 0 Å². The number of amides is 1. The van der Waals surface area contributed by atoms with E-state index in [0.717, 1.165) is 19.3 Å². The van der Waals surface area contributed by atoms with E-state index in [4.69, 9.17) is 5.84 Å². The molecule has 2 unspecified atom stereocenters. The minimum Gasteiger partial charge on any atom is -0.340 e. The molecule has 1 saturated carbocycles. The smallest absolute Gasteiger partial charge is 0.231 e. The van der Waals surface area contributed by atoms with Crippen molar-refractivity contribution in [1.82, 2.24) is 10.2 Å². The molecule has 1 heterocycles. The zero-order chi connectivity index (χ0) is 10.1. The number of nitrogens with zero attached hydrogens (tertiary/aromatic N) is 2. The van der Waals surface area contributed by atoms with E-state index in [9.17, 15) is 4.79 Å². The predicted molar refractivity (Wildman–Crippen MR) is 53.3 cm³/mol. The second kappa shape index (κ2) is 3.48. The molecule has 3 N–H and O–H groups in total. The molecule has 0 bridgehead atoms. The Hall–Kier alpha value is -1.26. The summed E-state index contributed by atoms with van der Waals surface area (Å²) in [5, 5.41) is 6.31. The van der Waals surface area contributed by atoms with Gasteiger partial charge < -0.3 is 10.7 Å². The van der Waals surface area contributed by atoms with Gasteiger partial charge in [0.2, 0.25) is 11.9 Å². The van der Waals surface area contributed by atoms with Gasteiger partial charge in [-0.2, -0.15) is 0 Å². The first-order chi connectivity index (χ1) is 6.74. The number of hydrogen-bond acceptors (Lipinski definition) is 3. The van der Waals surface area contributed by atoms with Gasteiger partial charge in [-0.3, -0.25) is 10.1 Å². The van der Waals surface area contributed by atoms with Crippen molar-refractivity contribution in [2.45, 2.75) is 31.7 Å². The minimum absolute atomic E-state index is 0.0806. The largest absolute Gasteiger partial charge is 0.340 e. The molecule has 2 fully saturated rings. The quantitative estimate of drug-likeness (QED) is 0.417. The maximum absolute atomic E-state index is 11.7. The highest BCUT2D eigenvalue weighted by molar-refractivity contribution is 6.00. The van der Waals surface area contributed by atoms with Gasteiger partial charge in [0.25, 0.3) is 0 Å². The number of nitrogens with two attached hydrogens (primary N) is 1. The van der Waals surface area contributed by atoms with Gasteiger partial charge in [0.05, 0.1) is 5.92 Å². The summed E-state index contributed by atoms with van der Waals surface area (Å²) in [7, 11) is 1.94. The Morgan fingerprint density at radius 3 is 2.93 bits per heavy atom. The molecule has 5 heteroatoms. The molecule has 0 radical (unpaired) electrons. The summed E-state index contributed by atoms with van der Waals surface area (Å²) in [5.41, 5.74) is 0. The van der Waals surface area contributed by atoms with E-state index in [1.807, 2.05) is 11.9 Å². The van der Waals surface area contributed by atoms with Crippen LogP contribution in [0, 0.1) is 5.92 Å². The van der Waals surface area contributed by atoms with Crippen LogP contribution in [0.25, 0.3) is 0 Å². The lowest BCUT2D eigenvalue weighted by atomic mass is 9.82. The molecule has 14 heavy (non-hydrogen) atoms. The lowest BCUT2D eigenvalue weighted by Crippen LogP contribution is -2.60. The maximum Gasteiger partial charge on any atom is 0.231 e. The number of carbonyl (C=O) groups excluding carboxylic acids is 1. The molecule has 0 aromatic carbocycles. The summed E-state index contributed by atoms with van der Waals surface area (Å²) >= 11 is 0. The van der Waals surface area contributed by atoms with Crippen molar-refractivity contribution in [1.29, 1.82) is 0 Å². The first-order valence-electron chi connectivity index (χ1n) is 5.05. The molecule has 0 aromatic heterocycles. The van der Waals surface area contributed by atoms with E-state index < -0.39 is 0 Å². The van der Waals surface area contributed by atoms with Gasteiger partial charge in [-0.1, -0.05) is 12.8 Å². The fourth-order valence-electron chi connectivity index (χ4n) is 2.45. The SMILES string of the molecule is CN1/C(=N/N)NC(=O)C2CCCCC21. The van der Waals surface area contributed by atoms with Gasteiger partial charge in [-0.05, 0) is 12.8 Å². The van der Waals surface area contributed by atoms with Crippen molar-refractivity contribution < 1.29 is 4.79 Å². The van der Waals surface area contributed by atoms with Crippen LogP contribution in [0.4, 0.5) is 0 Å². The number of carbonyl (C=O) groups is 1. The Morgan fingerprint density at radius 1 is 1.50 bits per heavy atom. The second-order valence-corrected chi connectivity index (χ2v) is 4.01. The number of nitrogens with one attached hydrogen (secondary N) is 1. The van der Waals surface area contributed by atoms with Crippen molar-refractivity contribution in [3.8, 4) is 0 Å². The zero-order valence-corrected chi connectivity index (χ0v) is 8.36. The average Bonchev–Trinajstić information content (AvgIpc) is 2.23. The third-order valence-corrected chi connectivity index (χ3v) is 3.26. The monoisotopic (exact) mass is 196 g/mol. The number of fused-ring (bicyclic) bond motifs is 1. The van der Waals surface area contributed by atoms with E-state index in [1.165, 1.54) is 6.42 Å². The third-order valence-electron chi connectivity index (χ3n) is 3.26. The fraction of sp³-hybridized carbons (Fsp3) is 0.778. The van der Waals surface area contributed by atoms with Crippen LogP contribution in [0.1, 0.15) is 25.7 Å². The normalized spacial score (nSPS) is 35.4. The molecule has 2 aliphatic rings. The number of rotatable bonds is 0. The molecule has 0 spiro atoms. The molecule has 5 nitrogen and oxygen atoms in total. The van der Waals surface area contributed by atoms with E-state index in [2.05, 4.69) is 10.4 Å². The van der Waals surface area contributed by atoms with Gasteiger partial charge in [-0.25, -0.2) is 0 Å². The van der Waals surface area contributed by atoms with E-state index in [0.29, 0.717) is 12.0 Å². The maximum atomic E-state index is 11.7. The summed E-state index contributed by atoms with van der Waals surface area (Å²) in [4.78, 5) is 13.7. The molecular formula is C9H16N4O. The van der Waals surface area contributed by atoms with Crippen LogP contribution in [-0.2, 0) is 4.79 Å². The number of hydrogen-bond donors (Lipinski definition) is 2. The Morgan fingerprint density at radius 2 is 2.21 bits per heavy atom. The van der Waals surface area contributed by atoms with Crippen LogP contribution in [0.15, 0.2) is 5.10 Å². The lowest BCUT2D eigenvalue weighted by molar-refractivity contribution is -0.128. The Bertz CT molecular complexity index is 276. The fourth-order valence-corrected chi connectivity index (χ4v) is 2.45. The first-order valence-corrected chi connectivity index (χ1v) is 5.05. The van der Waals surface area contributed by atoms with Crippen LogP contribution >= 0.6 is 0 Å². The van der Waals surface area contributed by atoms with Crippen molar-refractivity contribution in [3.63, 3.8) is 0 Å². The summed E-state index contributed by atoms with van der Waals surface area (Å²) in [6.07, 6.45) is 4.39. The molecule has 1 saturated heterocycles. The van der Waals surface area contributed by atoms with Crippen LogP contribution < -0.4 is 11.2 Å². The number of guanidine groups is 1. The van der Waals surface area contributed by atoms with Crippen molar-refractivity contribution in [2.75, 3.05) is 7.05 Å². The van der Waals surface area contributed by atoms with Gasteiger partial charge in [0.15, 0.2) is 0 Å². The summed E-state index contributed by atoms with van der Waals surface area (Å²) in [5.74, 6) is 5.91. The van der Waals surface area contributed by atoms with Gasteiger partial charge in [0, 0.05) is 13.1 Å². The molecule has 1 aliphatic carbocycles. The van der Waals surface area contributed by atoms with E-state index in [-0.39, 0.29) is 11.8 Å². The highest BCUT2D eigenvalue weighted by Gasteiger charge is 2.39. The molecular weight excluding hydrogens is 180 g/mol. The summed E-state index contributed by atoms with van der Waals surface area (Å²) in [6, 6.07) is 0.291. The Balaban J connectivity index is 2.21. The Kier molecular flexibility index (Phi) is 2.31. The number of hydrazone groups is 1. The zero-order valence-electron chi connectivity index (χ0n) is 8.36. The second-order valence-electron chi connectivity index (χ2n) is 4.01. The van der Waals surface area contributed by atoms with Gasteiger partial charge >= 0.3 is 0 Å². The third kappa shape index (κ3) is 1.32. The molecule has 2 rings (SSSR count). The minimum atomic E-state index is 0.0806. The van der Waals surface area contributed by atoms with Crippen molar-refractivity contribution in [2.24, 2.45) is 16.9 Å². The highest BCUT2D eigenvalue weighted by atomic mass is 16.2. The molecule has 1 amide bonds. The van der Waals surface area contributed by atoms with Crippen LogP contribution in [-0.4, -0.2) is 29.9 Å². The standard InChI is InChI=1S/C9H16N4O/c1-13-7-5-3-2-4-6(7)8(14)11-9(13)12-10/h6-7H,2-5,10H2,1H3,(H,11,12,14). The van der Waals surface area contributed by atoms with Gasteiger partial charge in [-0.15, -0.1) is 5.10 Å². The van der Waals surface area contributed by atoms with Gasteiger partial charge in [0.1, 0.15) is 0 Å². The van der Waals surface area contributed by atoms with E-state index >= 15 is 0 Å². The molecule has 1 aliphatic heterocycles.